The average Bonchev–Trinajstić information content (AvgIpc) is 3.40. The van der Waals surface area contributed by atoms with Crippen LogP contribution in [0, 0.1) is 6.92 Å². The number of rotatable bonds is 7. The Balaban J connectivity index is 1.01. The van der Waals surface area contributed by atoms with Crippen LogP contribution in [0.3, 0.4) is 0 Å². The molecule has 6 rings (SSSR count). The lowest BCUT2D eigenvalue weighted by molar-refractivity contribution is 0.0913. The molecular formula is C33H36BrN3O2S. The number of thiophene rings is 1. The van der Waals surface area contributed by atoms with E-state index in [1.54, 1.807) is 11.3 Å². The molecule has 2 N–H and O–H groups in total. The second kappa shape index (κ2) is 12.4. The summed E-state index contributed by atoms with van der Waals surface area (Å²) in [6.07, 6.45) is 4.33. The quantitative estimate of drug-likeness (QED) is 0.231. The van der Waals surface area contributed by atoms with Crippen LogP contribution in [0.1, 0.15) is 46.5 Å². The molecule has 0 radical (unpaired) electrons. The van der Waals surface area contributed by atoms with Gasteiger partial charge < -0.3 is 15.4 Å². The Morgan fingerprint density at radius 2 is 1.73 bits per heavy atom. The highest BCUT2D eigenvalue weighted by atomic mass is 79.9. The zero-order valence-electron chi connectivity index (χ0n) is 22.9. The number of nitrogens with one attached hydrogen (secondary N) is 2. The Morgan fingerprint density at radius 1 is 0.975 bits per heavy atom. The lowest BCUT2D eigenvalue weighted by atomic mass is 10.0. The Kier molecular flexibility index (Phi) is 8.54. The largest absolute Gasteiger partial charge is 0.489 e. The molecule has 208 valence electrons. The molecule has 1 aromatic heterocycles. The van der Waals surface area contributed by atoms with Gasteiger partial charge in [0.25, 0.3) is 5.91 Å². The molecule has 3 heterocycles. The van der Waals surface area contributed by atoms with Gasteiger partial charge in [0, 0.05) is 30.4 Å². The first-order valence-electron chi connectivity index (χ1n) is 14.3. The number of fused-ring (bicyclic) bond motifs is 1. The molecular weight excluding hydrogens is 582 g/mol. The molecule has 0 saturated carbocycles. The molecule has 2 saturated heterocycles. The highest BCUT2D eigenvalue weighted by molar-refractivity contribution is 9.10. The fourth-order valence-electron chi connectivity index (χ4n) is 5.66. The maximum Gasteiger partial charge on any atom is 0.261 e. The summed E-state index contributed by atoms with van der Waals surface area (Å²) in [6, 6.07) is 23.8. The van der Waals surface area contributed by atoms with Crippen molar-refractivity contribution >= 4 is 43.3 Å². The third kappa shape index (κ3) is 6.60. The van der Waals surface area contributed by atoms with Gasteiger partial charge in [-0.1, -0.05) is 42.0 Å². The van der Waals surface area contributed by atoms with Gasteiger partial charge >= 0.3 is 0 Å². The minimum absolute atomic E-state index is 0.0461. The number of benzene rings is 3. The number of hydrogen-bond acceptors (Lipinski definition) is 5. The highest BCUT2D eigenvalue weighted by Crippen LogP contribution is 2.31. The van der Waals surface area contributed by atoms with Crippen molar-refractivity contribution < 1.29 is 9.53 Å². The van der Waals surface area contributed by atoms with Gasteiger partial charge in [-0.05, 0) is 114 Å². The van der Waals surface area contributed by atoms with E-state index in [2.05, 4.69) is 99.1 Å². The minimum Gasteiger partial charge on any atom is -0.489 e. The molecule has 40 heavy (non-hydrogen) atoms. The SMILES string of the molecule is Cc1ccc(-c2ccc3sc(C(=O)NC4CCN(Cc5ccc(OC6CCNCC6)c(Br)c5)CC4)cc3c2)cc1. The van der Waals surface area contributed by atoms with E-state index in [1.165, 1.54) is 22.3 Å². The van der Waals surface area contributed by atoms with Gasteiger partial charge in [0.2, 0.25) is 0 Å². The number of carbonyl (C=O) groups is 1. The van der Waals surface area contributed by atoms with E-state index in [0.717, 1.165) is 83.6 Å². The van der Waals surface area contributed by atoms with Gasteiger partial charge in [0.05, 0.1) is 9.35 Å². The molecule has 3 aromatic carbocycles. The summed E-state index contributed by atoms with van der Waals surface area (Å²) in [5.74, 6) is 0.981. The second-order valence-electron chi connectivity index (χ2n) is 11.1. The molecule has 1 amide bonds. The molecule has 5 nitrogen and oxygen atoms in total. The summed E-state index contributed by atoms with van der Waals surface area (Å²) in [4.78, 5) is 16.4. The van der Waals surface area contributed by atoms with Crippen LogP contribution in [0.5, 0.6) is 5.75 Å². The predicted molar refractivity (Wildman–Crippen MR) is 168 cm³/mol. The molecule has 0 aliphatic carbocycles. The number of amides is 1. The van der Waals surface area contributed by atoms with Crippen LogP contribution >= 0.6 is 27.3 Å². The molecule has 0 bridgehead atoms. The summed E-state index contributed by atoms with van der Waals surface area (Å²) in [7, 11) is 0. The normalized spacial score (nSPS) is 17.2. The van der Waals surface area contributed by atoms with Crippen molar-refractivity contribution in [1.82, 2.24) is 15.5 Å². The summed E-state index contributed by atoms with van der Waals surface area (Å²) < 4.78 is 8.40. The number of aryl methyl sites for hydroxylation is 1. The molecule has 2 fully saturated rings. The van der Waals surface area contributed by atoms with Crippen molar-refractivity contribution in [3.05, 3.63) is 87.2 Å². The smallest absolute Gasteiger partial charge is 0.261 e. The fraction of sp³-hybridized carbons (Fsp3) is 0.364. The van der Waals surface area contributed by atoms with E-state index < -0.39 is 0 Å². The van der Waals surface area contributed by atoms with E-state index >= 15 is 0 Å². The van der Waals surface area contributed by atoms with E-state index in [4.69, 9.17) is 4.74 Å². The predicted octanol–water partition coefficient (Wildman–Crippen LogP) is 7.16. The third-order valence-corrected chi connectivity index (χ3v) is 9.76. The maximum atomic E-state index is 13.1. The first-order chi connectivity index (χ1) is 19.5. The fourth-order valence-corrected chi connectivity index (χ4v) is 7.13. The van der Waals surface area contributed by atoms with E-state index in [9.17, 15) is 4.79 Å². The number of piperidine rings is 2. The van der Waals surface area contributed by atoms with Crippen LogP contribution in [-0.2, 0) is 6.54 Å². The summed E-state index contributed by atoms with van der Waals surface area (Å²) in [5, 5.41) is 7.82. The van der Waals surface area contributed by atoms with Gasteiger partial charge in [-0.15, -0.1) is 11.3 Å². The number of likely N-dealkylation sites (tertiary alicyclic amines) is 1. The van der Waals surface area contributed by atoms with E-state index in [1.807, 2.05) is 6.07 Å². The molecule has 7 heteroatoms. The second-order valence-corrected chi connectivity index (χ2v) is 13.0. The van der Waals surface area contributed by atoms with Gasteiger partial charge in [-0.25, -0.2) is 0 Å². The number of hydrogen-bond donors (Lipinski definition) is 2. The van der Waals surface area contributed by atoms with E-state index in [0.29, 0.717) is 6.10 Å². The molecule has 0 spiro atoms. The van der Waals surface area contributed by atoms with Crippen LogP contribution < -0.4 is 15.4 Å². The Labute approximate surface area is 249 Å². The number of nitrogens with zero attached hydrogens (tertiary/aromatic N) is 1. The molecule has 2 aliphatic rings. The van der Waals surface area contributed by atoms with Crippen molar-refractivity contribution in [1.29, 1.82) is 0 Å². The van der Waals surface area contributed by atoms with Crippen molar-refractivity contribution in [3.63, 3.8) is 0 Å². The van der Waals surface area contributed by atoms with Crippen LogP contribution in [0.4, 0.5) is 0 Å². The number of carbonyl (C=O) groups excluding carboxylic acids is 1. The van der Waals surface area contributed by atoms with Crippen molar-refractivity contribution in [3.8, 4) is 16.9 Å². The summed E-state index contributed by atoms with van der Waals surface area (Å²) in [6.45, 7) is 7.01. The van der Waals surface area contributed by atoms with Crippen molar-refractivity contribution in [2.45, 2.75) is 51.3 Å². The maximum absolute atomic E-state index is 13.1. The van der Waals surface area contributed by atoms with Gasteiger partial charge in [0.1, 0.15) is 11.9 Å². The summed E-state index contributed by atoms with van der Waals surface area (Å²) in [5.41, 5.74) is 4.92. The average molecular weight is 619 g/mol. The number of ether oxygens (including phenoxy) is 1. The lowest BCUT2D eigenvalue weighted by Gasteiger charge is -2.32. The van der Waals surface area contributed by atoms with Gasteiger partial charge in [-0.3, -0.25) is 9.69 Å². The Bertz CT molecular complexity index is 1470. The van der Waals surface area contributed by atoms with Crippen LogP contribution in [0.15, 0.2) is 71.2 Å². The summed E-state index contributed by atoms with van der Waals surface area (Å²) >= 11 is 5.30. The highest BCUT2D eigenvalue weighted by Gasteiger charge is 2.23. The number of halogens is 1. The zero-order chi connectivity index (χ0) is 27.5. The molecule has 2 aliphatic heterocycles. The topological polar surface area (TPSA) is 53.6 Å². The zero-order valence-corrected chi connectivity index (χ0v) is 25.3. The van der Waals surface area contributed by atoms with Crippen LogP contribution in [0.2, 0.25) is 0 Å². The standard InChI is InChI=1S/C33H36BrN3O2S/c1-22-2-5-24(6-3-22)25-7-9-31-26(19-25)20-32(40-31)33(38)36-27-12-16-37(17-13-27)21-23-4-8-30(29(34)18-23)39-28-10-14-35-15-11-28/h2-9,18-20,27-28,35H,10-17,21H2,1H3,(H,36,38). The molecule has 0 atom stereocenters. The monoisotopic (exact) mass is 617 g/mol. The third-order valence-electron chi connectivity index (χ3n) is 8.03. The molecule has 0 unspecified atom stereocenters. The first-order valence-corrected chi connectivity index (χ1v) is 15.9. The van der Waals surface area contributed by atoms with Crippen molar-refractivity contribution in [2.24, 2.45) is 0 Å². The van der Waals surface area contributed by atoms with Crippen LogP contribution in [-0.4, -0.2) is 49.1 Å². The van der Waals surface area contributed by atoms with Crippen LogP contribution in [0.25, 0.3) is 21.2 Å². The van der Waals surface area contributed by atoms with E-state index in [-0.39, 0.29) is 11.9 Å². The Hall–Kier alpha value is -2.71. The van der Waals surface area contributed by atoms with Crippen molar-refractivity contribution in [2.75, 3.05) is 26.2 Å². The Morgan fingerprint density at radius 3 is 2.48 bits per heavy atom. The minimum atomic E-state index is 0.0461. The van der Waals surface area contributed by atoms with Gasteiger partial charge in [0.15, 0.2) is 0 Å². The lowest BCUT2D eigenvalue weighted by Crippen LogP contribution is -2.44. The first kappa shape index (κ1) is 27.5. The molecule has 4 aromatic rings. The van der Waals surface area contributed by atoms with Gasteiger partial charge in [-0.2, -0.15) is 0 Å².